The van der Waals surface area contributed by atoms with E-state index in [9.17, 15) is 0 Å². The van der Waals surface area contributed by atoms with Crippen molar-refractivity contribution in [2.75, 3.05) is 0 Å². The SMILES string of the molecule is [CH]=C=CCCCCCCCCCC=CCC. The van der Waals surface area contributed by atoms with Crippen LogP contribution in [0.1, 0.15) is 71.1 Å². The summed E-state index contributed by atoms with van der Waals surface area (Å²) in [7, 11) is 0. The Bertz CT molecular complexity index is 194. The average molecular weight is 219 g/mol. The van der Waals surface area contributed by atoms with Gasteiger partial charge in [-0.15, -0.1) is 5.73 Å². The highest BCUT2D eigenvalue weighted by Gasteiger charge is 1.90. The zero-order valence-electron chi connectivity index (χ0n) is 10.9. The highest BCUT2D eigenvalue weighted by atomic mass is 14.0. The summed E-state index contributed by atoms with van der Waals surface area (Å²) in [6.07, 6.45) is 19.6. The third-order valence-corrected chi connectivity index (χ3v) is 2.74. The van der Waals surface area contributed by atoms with E-state index in [0.29, 0.717) is 0 Å². The van der Waals surface area contributed by atoms with Crippen molar-refractivity contribution in [2.45, 2.75) is 71.1 Å². The predicted molar refractivity (Wildman–Crippen MR) is 73.4 cm³/mol. The van der Waals surface area contributed by atoms with Gasteiger partial charge in [-0.05, 0) is 44.8 Å². The van der Waals surface area contributed by atoms with E-state index in [1.54, 1.807) is 0 Å². The fraction of sp³-hybridized carbons (Fsp3) is 0.688. The third kappa shape index (κ3) is 13.3. The Morgan fingerprint density at radius 2 is 1.38 bits per heavy atom. The lowest BCUT2D eigenvalue weighted by Crippen LogP contribution is -1.80. The number of unbranched alkanes of at least 4 members (excludes halogenated alkanes) is 8. The van der Waals surface area contributed by atoms with E-state index in [4.69, 9.17) is 6.58 Å². The molecule has 0 aliphatic carbocycles. The zero-order chi connectivity index (χ0) is 11.9. The molecule has 1 radical (unpaired) electrons. The van der Waals surface area contributed by atoms with E-state index in [1.807, 2.05) is 6.08 Å². The molecular formula is C16H27. The van der Waals surface area contributed by atoms with E-state index in [2.05, 4.69) is 24.8 Å². The largest absolute Gasteiger partial charge is 0.125 e. The van der Waals surface area contributed by atoms with Gasteiger partial charge in [0.05, 0.1) is 0 Å². The molecule has 0 aromatic rings. The van der Waals surface area contributed by atoms with Gasteiger partial charge in [0, 0.05) is 0 Å². The molecular weight excluding hydrogens is 192 g/mol. The highest BCUT2D eigenvalue weighted by Crippen LogP contribution is 2.10. The van der Waals surface area contributed by atoms with Crippen molar-refractivity contribution >= 4 is 0 Å². The molecule has 0 N–H and O–H groups in total. The van der Waals surface area contributed by atoms with Crippen LogP contribution in [0.2, 0.25) is 0 Å². The van der Waals surface area contributed by atoms with Crippen molar-refractivity contribution in [3.63, 3.8) is 0 Å². The van der Waals surface area contributed by atoms with Crippen LogP contribution in [-0.4, -0.2) is 0 Å². The second-order valence-electron chi connectivity index (χ2n) is 4.30. The Hall–Kier alpha value is -0.740. The lowest BCUT2D eigenvalue weighted by Gasteiger charge is -1.99. The van der Waals surface area contributed by atoms with Crippen molar-refractivity contribution in [3.05, 3.63) is 30.5 Å². The van der Waals surface area contributed by atoms with Crippen LogP contribution < -0.4 is 0 Å². The summed E-state index contributed by atoms with van der Waals surface area (Å²) in [4.78, 5) is 0. The second kappa shape index (κ2) is 14.3. The minimum Gasteiger partial charge on any atom is -0.125 e. The molecule has 0 aromatic heterocycles. The summed E-state index contributed by atoms with van der Waals surface area (Å²) in [6, 6.07) is 0. The molecule has 0 unspecified atom stereocenters. The molecule has 0 aliphatic heterocycles. The Morgan fingerprint density at radius 1 is 0.812 bits per heavy atom. The van der Waals surface area contributed by atoms with Gasteiger partial charge in [-0.2, -0.15) is 0 Å². The van der Waals surface area contributed by atoms with Gasteiger partial charge in [-0.3, -0.25) is 0 Å². The first-order chi connectivity index (χ1) is 7.91. The Kier molecular flexibility index (Phi) is 13.6. The number of hydrogen-bond donors (Lipinski definition) is 0. The van der Waals surface area contributed by atoms with Crippen LogP contribution in [0.3, 0.4) is 0 Å². The number of hydrogen-bond acceptors (Lipinski definition) is 0. The smallest absolute Gasteiger partial charge is 0.0126 e. The topological polar surface area (TPSA) is 0 Å². The minimum atomic E-state index is 1.10. The number of allylic oxidation sites excluding steroid dienone is 3. The van der Waals surface area contributed by atoms with Gasteiger partial charge < -0.3 is 0 Å². The molecule has 0 spiro atoms. The van der Waals surface area contributed by atoms with Crippen molar-refractivity contribution in [3.8, 4) is 0 Å². The lowest BCUT2D eigenvalue weighted by molar-refractivity contribution is 0.583. The number of rotatable bonds is 11. The van der Waals surface area contributed by atoms with Crippen molar-refractivity contribution in [2.24, 2.45) is 0 Å². The molecule has 91 valence electrons. The van der Waals surface area contributed by atoms with Crippen molar-refractivity contribution in [1.29, 1.82) is 0 Å². The van der Waals surface area contributed by atoms with Crippen LogP contribution >= 0.6 is 0 Å². The van der Waals surface area contributed by atoms with Gasteiger partial charge in [0.1, 0.15) is 0 Å². The molecule has 0 atom stereocenters. The molecule has 0 amide bonds. The standard InChI is InChI=1S/C16H27/c1-3-5-7-9-11-13-15-16-14-12-10-8-6-4-2/h1,5-6,8H,4,7,9-16H2,2H3. The summed E-state index contributed by atoms with van der Waals surface area (Å²) in [5, 5.41) is 0. The first-order valence-corrected chi connectivity index (χ1v) is 6.84. The van der Waals surface area contributed by atoms with Crippen LogP contribution in [0, 0.1) is 6.58 Å². The molecule has 0 saturated carbocycles. The summed E-state index contributed by atoms with van der Waals surface area (Å²) >= 11 is 0. The lowest BCUT2D eigenvalue weighted by atomic mass is 10.1. The molecule has 0 fully saturated rings. The van der Waals surface area contributed by atoms with Gasteiger partial charge in [0.25, 0.3) is 0 Å². The van der Waals surface area contributed by atoms with E-state index >= 15 is 0 Å². The van der Waals surface area contributed by atoms with Gasteiger partial charge in [-0.1, -0.05) is 51.2 Å². The van der Waals surface area contributed by atoms with E-state index in [1.165, 1.54) is 57.8 Å². The summed E-state index contributed by atoms with van der Waals surface area (Å²) in [5.41, 5.74) is 2.57. The van der Waals surface area contributed by atoms with Gasteiger partial charge in [-0.25, -0.2) is 0 Å². The predicted octanol–water partition coefficient (Wildman–Crippen LogP) is 5.61. The Labute approximate surface area is 102 Å². The second-order valence-corrected chi connectivity index (χ2v) is 4.30. The molecule has 0 aromatic carbocycles. The molecule has 0 rings (SSSR count). The van der Waals surface area contributed by atoms with E-state index in [0.717, 1.165) is 6.42 Å². The van der Waals surface area contributed by atoms with Gasteiger partial charge >= 0.3 is 0 Å². The van der Waals surface area contributed by atoms with Crippen LogP contribution in [-0.2, 0) is 0 Å². The maximum Gasteiger partial charge on any atom is -0.0126 e. The molecule has 16 heavy (non-hydrogen) atoms. The van der Waals surface area contributed by atoms with E-state index < -0.39 is 0 Å². The molecule has 0 heteroatoms. The Balaban J connectivity index is 2.98. The molecule has 0 aliphatic rings. The highest BCUT2D eigenvalue weighted by molar-refractivity contribution is 4.79. The van der Waals surface area contributed by atoms with Crippen LogP contribution in [0.5, 0.6) is 0 Å². The monoisotopic (exact) mass is 219 g/mol. The first-order valence-electron chi connectivity index (χ1n) is 6.84. The van der Waals surface area contributed by atoms with Crippen LogP contribution in [0.4, 0.5) is 0 Å². The zero-order valence-corrected chi connectivity index (χ0v) is 10.9. The molecule has 0 nitrogen and oxygen atoms in total. The third-order valence-electron chi connectivity index (χ3n) is 2.74. The summed E-state index contributed by atoms with van der Waals surface area (Å²) in [6.45, 7) is 7.34. The van der Waals surface area contributed by atoms with Crippen LogP contribution in [0.15, 0.2) is 24.0 Å². The molecule has 0 bridgehead atoms. The molecule has 0 saturated heterocycles. The van der Waals surface area contributed by atoms with E-state index in [-0.39, 0.29) is 0 Å². The van der Waals surface area contributed by atoms with Crippen molar-refractivity contribution < 1.29 is 0 Å². The van der Waals surface area contributed by atoms with Crippen LogP contribution in [0.25, 0.3) is 0 Å². The molecule has 0 heterocycles. The maximum atomic E-state index is 5.15. The fourth-order valence-corrected chi connectivity index (χ4v) is 1.76. The first kappa shape index (κ1) is 15.3. The quantitative estimate of drug-likeness (QED) is 0.241. The van der Waals surface area contributed by atoms with Crippen molar-refractivity contribution in [1.82, 2.24) is 0 Å². The minimum absolute atomic E-state index is 1.10. The Morgan fingerprint density at radius 3 is 1.94 bits per heavy atom. The summed E-state index contributed by atoms with van der Waals surface area (Å²) in [5.74, 6) is 0. The average Bonchev–Trinajstić information content (AvgIpc) is 2.31. The van der Waals surface area contributed by atoms with Gasteiger partial charge in [0.2, 0.25) is 0 Å². The summed E-state index contributed by atoms with van der Waals surface area (Å²) < 4.78 is 0. The maximum absolute atomic E-state index is 5.15. The van der Waals surface area contributed by atoms with Gasteiger partial charge in [0.15, 0.2) is 0 Å². The fourth-order valence-electron chi connectivity index (χ4n) is 1.76. The normalized spacial score (nSPS) is 10.6.